The summed E-state index contributed by atoms with van der Waals surface area (Å²) >= 11 is 0. The third-order valence-corrected chi connectivity index (χ3v) is 3.36. The topological polar surface area (TPSA) is 95.6 Å². The van der Waals surface area contributed by atoms with Crippen LogP contribution in [0.4, 0.5) is 0 Å². The van der Waals surface area contributed by atoms with E-state index in [4.69, 9.17) is 5.73 Å². The lowest BCUT2D eigenvalue weighted by molar-refractivity contribution is 0.0944. The largest absolute Gasteiger partial charge is 0.508 e. The summed E-state index contributed by atoms with van der Waals surface area (Å²) in [6.07, 6.45) is 2.94. The fraction of sp³-hybridized carbons (Fsp3) is 0.462. The minimum Gasteiger partial charge on any atom is -0.508 e. The first-order chi connectivity index (χ1) is 8.56. The lowest BCUT2D eigenvalue weighted by Crippen LogP contribution is -2.29. The first kappa shape index (κ1) is 12.7. The number of carbonyl (C=O) groups excluding carboxylic acids is 1. The molecule has 1 fully saturated rings. The summed E-state index contributed by atoms with van der Waals surface area (Å²) in [5.74, 6) is -0.137. The maximum absolute atomic E-state index is 11.8. The van der Waals surface area contributed by atoms with Crippen LogP contribution in [0.5, 0.6) is 11.5 Å². The monoisotopic (exact) mass is 250 g/mol. The maximum Gasteiger partial charge on any atom is 0.255 e. The van der Waals surface area contributed by atoms with Gasteiger partial charge in [0.15, 0.2) is 0 Å². The van der Waals surface area contributed by atoms with Crippen LogP contribution < -0.4 is 11.1 Å². The van der Waals surface area contributed by atoms with Gasteiger partial charge in [-0.3, -0.25) is 4.79 Å². The van der Waals surface area contributed by atoms with Crippen molar-refractivity contribution in [3.8, 4) is 11.5 Å². The Morgan fingerprint density at radius 2 is 2.17 bits per heavy atom. The molecule has 5 N–H and O–H groups in total. The molecular weight excluding hydrogens is 232 g/mol. The minimum atomic E-state index is -0.371. The summed E-state index contributed by atoms with van der Waals surface area (Å²) in [5.41, 5.74) is 5.90. The molecule has 1 aliphatic carbocycles. The van der Waals surface area contributed by atoms with E-state index in [9.17, 15) is 15.0 Å². The van der Waals surface area contributed by atoms with Crippen molar-refractivity contribution >= 4 is 5.91 Å². The molecule has 0 bridgehead atoms. The van der Waals surface area contributed by atoms with Crippen LogP contribution in [0, 0.1) is 5.92 Å². The average molecular weight is 250 g/mol. The highest BCUT2D eigenvalue weighted by atomic mass is 16.3. The van der Waals surface area contributed by atoms with E-state index in [1.807, 2.05) is 0 Å². The lowest BCUT2D eigenvalue weighted by atomic mass is 10.1. The highest BCUT2D eigenvalue weighted by molar-refractivity contribution is 5.97. The number of nitrogens with two attached hydrogens (primary N) is 1. The van der Waals surface area contributed by atoms with Gasteiger partial charge < -0.3 is 21.3 Å². The zero-order valence-corrected chi connectivity index (χ0v) is 10.1. The van der Waals surface area contributed by atoms with Crippen molar-refractivity contribution in [1.82, 2.24) is 5.32 Å². The Bertz CT molecular complexity index is 448. The Balaban J connectivity index is 1.93. The van der Waals surface area contributed by atoms with E-state index >= 15 is 0 Å². The number of hydrogen-bond donors (Lipinski definition) is 4. The molecule has 1 aromatic carbocycles. The number of phenols is 2. The van der Waals surface area contributed by atoms with E-state index in [0.29, 0.717) is 12.5 Å². The van der Waals surface area contributed by atoms with Gasteiger partial charge >= 0.3 is 0 Å². The van der Waals surface area contributed by atoms with Gasteiger partial charge in [0.25, 0.3) is 5.91 Å². The Labute approximate surface area is 106 Å². The second-order valence-electron chi connectivity index (χ2n) is 4.85. The molecule has 2 unspecified atom stereocenters. The Kier molecular flexibility index (Phi) is 3.72. The lowest BCUT2D eigenvalue weighted by Gasteiger charge is -2.11. The van der Waals surface area contributed by atoms with E-state index in [-0.39, 0.29) is 29.0 Å². The van der Waals surface area contributed by atoms with Gasteiger partial charge in [0.2, 0.25) is 0 Å². The van der Waals surface area contributed by atoms with Crippen LogP contribution in [0.1, 0.15) is 29.6 Å². The average Bonchev–Trinajstić information content (AvgIpc) is 2.75. The number of rotatable bonds is 3. The summed E-state index contributed by atoms with van der Waals surface area (Å²) in [6.45, 7) is 0.557. The Morgan fingerprint density at radius 3 is 2.83 bits per heavy atom. The normalized spacial score (nSPS) is 22.9. The third-order valence-electron chi connectivity index (χ3n) is 3.36. The molecule has 1 amide bonds. The number of aromatic hydroxyl groups is 2. The standard InChI is InChI=1S/C13H18N2O3/c14-9-2-1-8(5-9)7-15-13(18)11-6-10(16)3-4-12(11)17/h3-4,6,8-9,16-17H,1-2,5,7,14H2,(H,15,18). The van der Waals surface area contributed by atoms with Crippen molar-refractivity contribution in [2.24, 2.45) is 11.7 Å². The van der Waals surface area contributed by atoms with E-state index < -0.39 is 0 Å². The number of hydrogen-bond acceptors (Lipinski definition) is 4. The molecule has 5 nitrogen and oxygen atoms in total. The SMILES string of the molecule is NC1CCC(CNC(=O)c2cc(O)ccc2O)C1. The molecule has 0 radical (unpaired) electrons. The molecule has 0 heterocycles. The van der Waals surface area contributed by atoms with Crippen LogP contribution in [-0.2, 0) is 0 Å². The van der Waals surface area contributed by atoms with Gasteiger partial charge in [0, 0.05) is 12.6 Å². The minimum absolute atomic E-state index is 0.0409. The van der Waals surface area contributed by atoms with Crippen LogP contribution in [0.15, 0.2) is 18.2 Å². The number of nitrogens with one attached hydrogen (secondary N) is 1. The molecule has 98 valence electrons. The zero-order chi connectivity index (χ0) is 13.1. The number of phenolic OH excluding ortho intramolecular Hbond substituents is 2. The molecule has 2 rings (SSSR count). The molecule has 0 spiro atoms. The first-order valence-electron chi connectivity index (χ1n) is 6.12. The summed E-state index contributed by atoms with van der Waals surface area (Å²) in [7, 11) is 0. The van der Waals surface area contributed by atoms with E-state index in [0.717, 1.165) is 19.3 Å². The van der Waals surface area contributed by atoms with E-state index in [1.165, 1.54) is 18.2 Å². The van der Waals surface area contributed by atoms with Gasteiger partial charge in [-0.25, -0.2) is 0 Å². The number of benzene rings is 1. The van der Waals surface area contributed by atoms with Gasteiger partial charge in [-0.2, -0.15) is 0 Å². The van der Waals surface area contributed by atoms with Crippen molar-refractivity contribution in [1.29, 1.82) is 0 Å². The van der Waals surface area contributed by atoms with Crippen LogP contribution in [0.2, 0.25) is 0 Å². The summed E-state index contributed by atoms with van der Waals surface area (Å²) < 4.78 is 0. The van der Waals surface area contributed by atoms with Crippen molar-refractivity contribution in [3.63, 3.8) is 0 Å². The molecule has 1 saturated carbocycles. The summed E-state index contributed by atoms with van der Waals surface area (Å²) in [5, 5.41) is 21.6. The predicted molar refractivity (Wildman–Crippen MR) is 67.4 cm³/mol. The molecule has 2 atom stereocenters. The molecular formula is C13H18N2O3. The molecule has 0 aromatic heterocycles. The molecule has 1 aromatic rings. The summed E-state index contributed by atoms with van der Waals surface area (Å²) in [4.78, 5) is 11.8. The fourth-order valence-electron chi connectivity index (χ4n) is 2.34. The van der Waals surface area contributed by atoms with Crippen molar-refractivity contribution in [2.45, 2.75) is 25.3 Å². The van der Waals surface area contributed by atoms with Gasteiger partial charge in [-0.1, -0.05) is 0 Å². The van der Waals surface area contributed by atoms with Crippen molar-refractivity contribution in [3.05, 3.63) is 23.8 Å². The Morgan fingerprint density at radius 1 is 1.39 bits per heavy atom. The van der Waals surface area contributed by atoms with E-state index in [2.05, 4.69) is 5.32 Å². The van der Waals surface area contributed by atoms with Crippen LogP contribution in [0.25, 0.3) is 0 Å². The van der Waals surface area contributed by atoms with E-state index in [1.54, 1.807) is 0 Å². The fourth-order valence-corrected chi connectivity index (χ4v) is 2.34. The second-order valence-corrected chi connectivity index (χ2v) is 4.85. The smallest absolute Gasteiger partial charge is 0.255 e. The third kappa shape index (κ3) is 2.92. The van der Waals surface area contributed by atoms with Crippen LogP contribution in [-0.4, -0.2) is 28.7 Å². The first-order valence-corrected chi connectivity index (χ1v) is 6.12. The quantitative estimate of drug-likeness (QED) is 0.601. The number of carbonyl (C=O) groups is 1. The van der Waals surface area contributed by atoms with Gasteiger partial charge in [0.05, 0.1) is 5.56 Å². The number of amides is 1. The van der Waals surface area contributed by atoms with Gasteiger partial charge in [0.1, 0.15) is 11.5 Å². The molecule has 0 aliphatic heterocycles. The molecule has 1 aliphatic rings. The van der Waals surface area contributed by atoms with Crippen molar-refractivity contribution in [2.75, 3.05) is 6.54 Å². The highest BCUT2D eigenvalue weighted by Gasteiger charge is 2.22. The zero-order valence-electron chi connectivity index (χ0n) is 10.1. The predicted octanol–water partition coefficient (Wildman–Crippen LogP) is 0.955. The van der Waals surface area contributed by atoms with Crippen LogP contribution >= 0.6 is 0 Å². The van der Waals surface area contributed by atoms with Gasteiger partial charge in [-0.15, -0.1) is 0 Å². The summed E-state index contributed by atoms with van der Waals surface area (Å²) in [6, 6.07) is 4.13. The Hall–Kier alpha value is -1.75. The molecule has 0 saturated heterocycles. The molecule has 5 heteroatoms. The molecule has 18 heavy (non-hydrogen) atoms. The van der Waals surface area contributed by atoms with Crippen LogP contribution in [0.3, 0.4) is 0 Å². The van der Waals surface area contributed by atoms with Gasteiger partial charge in [-0.05, 0) is 43.4 Å². The van der Waals surface area contributed by atoms with Crippen molar-refractivity contribution < 1.29 is 15.0 Å². The maximum atomic E-state index is 11.8. The second kappa shape index (κ2) is 5.27. The highest BCUT2D eigenvalue weighted by Crippen LogP contribution is 2.24.